The highest BCUT2D eigenvalue weighted by Gasteiger charge is 2.18. The Morgan fingerprint density at radius 1 is 1.36 bits per heavy atom. The largest absolute Gasteiger partial charge is 0.497 e. The maximum absolute atomic E-state index is 12.2. The normalized spacial score (nSPS) is 12.0. The van der Waals surface area contributed by atoms with Crippen LogP contribution in [0.25, 0.3) is 0 Å². The minimum atomic E-state index is -0.771. The Morgan fingerprint density at radius 2 is 2.00 bits per heavy atom. The number of methoxy groups -OCH3 is 1. The zero-order chi connectivity index (χ0) is 16.3. The lowest BCUT2D eigenvalue weighted by Gasteiger charge is -2.13. The number of aliphatic hydroxyl groups excluding tert-OH is 1. The number of aryl methyl sites for hydroxylation is 2. The summed E-state index contributed by atoms with van der Waals surface area (Å²) >= 11 is 0. The predicted octanol–water partition coefficient (Wildman–Crippen LogP) is 1.51. The molecule has 2 rings (SSSR count). The quantitative estimate of drug-likeness (QED) is 0.878. The molecule has 6 heteroatoms. The highest BCUT2D eigenvalue weighted by Crippen LogP contribution is 2.17. The van der Waals surface area contributed by atoms with Crippen LogP contribution >= 0.6 is 0 Å². The molecule has 0 aliphatic heterocycles. The van der Waals surface area contributed by atoms with Gasteiger partial charge in [-0.05, 0) is 31.5 Å². The Kier molecular flexibility index (Phi) is 4.82. The van der Waals surface area contributed by atoms with Gasteiger partial charge < -0.3 is 15.2 Å². The van der Waals surface area contributed by atoms with Crippen LogP contribution in [0.3, 0.4) is 0 Å². The lowest BCUT2D eigenvalue weighted by Crippen LogP contribution is -2.29. The van der Waals surface area contributed by atoms with Gasteiger partial charge in [-0.1, -0.05) is 12.1 Å². The predicted molar refractivity (Wildman–Crippen MR) is 83.0 cm³/mol. The van der Waals surface area contributed by atoms with Gasteiger partial charge in [0.2, 0.25) is 0 Å². The van der Waals surface area contributed by atoms with Crippen LogP contribution in [0.1, 0.15) is 33.4 Å². The third-order valence-corrected chi connectivity index (χ3v) is 3.69. The maximum Gasteiger partial charge on any atom is 0.255 e. The van der Waals surface area contributed by atoms with Crippen LogP contribution < -0.4 is 10.1 Å². The number of ether oxygens (including phenoxy) is 1. The van der Waals surface area contributed by atoms with E-state index in [2.05, 4.69) is 10.4 Å². The summed E-state index contributed by atoms with van der Waals surface area (Å²) in [4.78, 5) is 12.2. The number of aliphatic hydroxyl groups is 1. The molecule has 1 aromatic heterocycles. The van der Waals surface area contributed by atoms with Gasteiger partial charge in [-0.3, -0.25) is 9.48 Å². The number of nitrogens with one attached hydrogen (secondary N) is 1. The number of carbonyl (C=O) groups excluding carboxylic acids is 1. The number of hydrogen-bond acceptors (Lipinski definition) is 4. The standard InChI is InChI=1S/C16H21N3O3/c1-10-15(11(2)19(3)18-10)16(21)17-9-14(20)12-5-7-13(22-4)8-6-12/h5-8,14,20H,9H2,1-4H3,(H,17,21). The van der Waals surface area contributed by atoms with Gasteiger partial charge >= 0.3 is 0 Å². The smallest absolute Gasteiger partial charge is 0.255 e. The second-order valence-electron chi connectivity index (χ2n) is 5.17. The third-order valence-electron chi connectivity index (χ3n) is 3.69. The van der Waals surface area contributed by atoms with Crippen molar-refractivity contribution in [3.63, 3.8) is 0 Å². The molecule has 1 unspecified atom stereocenters. The molecule has 2 aromatic rings. The molecular weight excluding hydrogens is 282 g/mol. The summed E-state index contributed by atoms with van der Waals surface area (Å²) in [5.41, 5.74) is 2.76. The highest BCUT2D eigenvalue weighted by molar-refractivity contribution is 5.96. The molecule has 1 heterocycles. The zero-order valence-electron chi connectivity index (χ0n) is 13.3. The third kappa shape index (κ3) is 3.28. The van der Waals surface area contributed by atoms with E-state index in [9.17, 15) is 9.90 Å². The lowest BCUT2D eigenvalue weighted by atomic mass is 10.1. The van der Waals surface area contributed by atoms with Gasteiger partial charge in [0, 0.05) is 19.3 Å². The molecule has 1 amide bonds. The Hall–Kier alpha value is -2.34. The monoisotopic (exact) mass is 303 g/mol. The van der Waals surface area contributed by atoms with E-state index in [4.69, 9.17) is 4.74 Å². The molecule has 0 aliphatic rings. The van der Waals surface area contributed by atoms with E-state index < -0.39 is 6.10 Å². The first-order valence-corrected chi connectivity index (χ1v) is 7.04. The zero-order valence-corrected chi connectivity index (χ0v) is 13.3. The Bertz CT molecular complexity index is 662. The minimum absolute atomic E-state index is 0.138. The number of aromatic nitrogens is 2. The van der Waals surface area contributed by atoms with Crippen LogP contribution in [0.5, 0.6) is 5.75 Å². The first-order valence-electron chi connectivity index (χ1n) is 7.04. The van der Waals surface area contributed by atoms with E-state index in [1.807, 2.05) is 6.92 Å². The summed E-state index contributed by atoms with van der Waals surface area (Å²) in [5, 5.41) is 17.1. The molecule has 2 N–H and O–H groups in total. The van der Waals surface area contributed by atoms with Gasteiger partial charge in [0.1, 0.15) is 5.75 Å². The van der Waals surface area contributed by atoms with E-state index in [0.717, 1.165) is 17.0 Å². The fraction of sp³-hybridized carbons (Fsp3) is 0.375. The van der Waals surface area contributed by atoms with Crippen LogP contribution in [0.4, 0.5) is 0 Å². The molecule has 0 spiro atoms. The fourth-order valence-electron chi connectivity index (χ4n) is 2.32. The second-order valence-corrected chi connectivity index (χ2v) is 5.17. The molecule has 0 saturated carbocycles. The van der Waals surface area contributed by atoms with E-state index in [1.165, 1.54) is 0 Å². The van der Waals surface area contributed by atoms with Gasteiger partial charge in [0.05, 0.1) is 24.5 Å². The molecule has 0 aliphatic carbocycles. The number of benzene rings is 1. The molecule has 6 nitrogen and oxygen atoms in total. The summed E-state index contributed by atoms with van der Waals surface area (Å²) in [6, 6.07) is 7.10. The van der Waals surface area contributed by atoms with Crippen LogP contribution in [0.2, 0.25) is 0 Å². The first kappa shape index (κ1) is 16.0. The van der Waals surface area contributed by atoms with Crippen LogP contribution in [-0.2, 0) is 7.05 Å². The summed E-state index contributed by atoms with van der Waals surface area (Å²) in [6.07, 6.45) is -0.771. The van der Waals surface area contributed by atoms with Crippen LogP contribution in [0.15, 0.2) is 24.3 Å². The van der Waals surface area contributed by atoms with Crippen molar-refractivity contribution in [1.29, 1.82) is 0 Å². The minimum Gasteiger partial charge on any atom is -0.497 e. The molecule has 1 atom stereocenters. The molecular formula is C16H21N3O3. The lowest BCUT2D eigenvalue weighted by molar-refractivity contribution is 0.0915. The summed E-state index contributed by atoms with van der Waals surface area (Å²) in [7, 11) is 3.38. The summed E-state index contributed by atoms with van der Waals surface area (Å²) < 4.78 is 6.74. The van der Waals surface area contributed by atoms with E-state index in [-0.39, 0.29) is 12.5 Å². The molecule has 118 valence electrons. The molecule has 0 radical (unpaired) electrons. The number of nitrogens with zero attached hydrogens (tertiary/aromatic N) is 2. The topological polar surface area (TPSA) is 76.4 Å². The maximum atomic E-state index is 12.2. The second kappa shape index (κ2) is 6.62. The molecule has 22 heavy (non-hydrogen) atoms. The highest BCUT2D eigenvalue weighted by atomic mass is 16.5. The molecule has 0 fully saturated rings. The molecule has 1 aromatic carbocycles. The Morgan fingerprint density at radius 3 is 2.50 bits per heavy atom. The summed E-state index contributed by atoms with van der Waals surface area (Å²) in [6.45, 7) is 3.77. The average molecular weight is 303 g/mol. The first-order chi connectivity index (χ1) is 10.4. The van der Waals surface area contributed by atoms with Gasteiger partial charge in [-0.15, -0.1) is 0 Å². The number of amides is 1. The van der Waals surface area contributed by atoms with Crippen molar-refractivity contribution < 1.29 is 14.6 Å². The van der Waals surface area contributed by atoms with Crippen LogP contribution in [-0.4, -0.2) is 34.4 Å². The van der Waals surface area contributed by atoms with Gasteiger partial charge in [0.25, 0.3) is 5.91 Å². The molecule has 0 saturated heterocycles. The van der Waals surface area contributed by atoms with Crippen molar-refractivity contribution in [1.82, 2.24) is 15.1 Å². The van der Waals surface area contributed by atoms with Crippen LogP contribution in [0, 0.1) is 13.8 Å². The van der Waals surface area contributed by atoms with Gasteiger partial charge in [-0.2, -0.15) is 5.10 Å². The molecule has 0 bridgehead atoms. The number of hydrogen-bond donors (Lipinski definition) is 2. The van der Waals surface area contributed by atoms with Crippen molar-refractivity contribution in [2.24, 2.45) is 7.05 Å². The van der Waals surface area contributed by atoms with Crippen molar-refractivity contribution in [2.45, 2.75) is 20.0 Å². The van der Waals surface area contributed by atoms with E-state index in [1.54, 1.807) is 50.0 Å². The fourth-order valence-corrected chi connectivity index (χ4v) is 2.32. The Balaban J connectivity index is 2.00. The summed E-state index contributed by atoms with van der Waals surface area (Å²) in [5.74, 6) is 0.497. The van der Waals surface area contributed by atoms with Gasteiger partial charge in [0.15, 0.2) is 0 Å². The van der Waals surface area contributed by atoms with Crippen molar-refractivity contribution >= 4 is 5.91 Å². The van der Waals surface area contributed by atoms with E-state index in [0.29, 0.717) is 11.3 Å². The van der Waals surface area contributed by atoms with Crippen molar-refractivity contribution in [3.8, 4) is 5.75 Å². The van der Waals surface area contributed by atoms with E-state index >= 15 is 0 Å². The Labute approximate surface area is 129 Å². The van der Waals surface area contributed by atoms with Gasteiger partial charge in [-0.25, -0.2) is 0 Å². The number of carbonyl (C=O) groups is 1. The SMILES string of the molecule is COc1ccc(C(O)CNC(=O)c2c(C)nn(C)c2C)cc1. The van der Waals surface area contributed by atoms with Crippen molar-refractivity contribution in [3.05, 3.63) is 46.8 Å². The number of rotatable bonds is 5. The average Bonchev–Trinajstić information content (AvgIpc) is 2.77. The van der Waals surface area contributed by atoms with Crippen molar-refractivity contribution in [2.75, 3.05) is 13.7 Å².